The minimum Gasteiger partial charge on any atom is -0.346 e. The standard InChI is InChI=1S/C12H11BrN2OS/c13-7-9-2-1-3-10(6-9)12(16)15-8-11-14-4-5-17-11/h1-6H,7-8H2,(H,15,16). The van der Waals surface area contributed by atoms with Crippen molar-refractivity contribution in [2.24, 2.45) is 0 Å². The van der Waals surface area contributed by atoms with Crippen molar-refractivity contribution in [3.05, 3.63) is 52.0 Å². The highest BCUT2D eigenvalue weighted by Crippen LogP contribution is 2.09. The van der Waals surface area contributed by atoms with E-state index in [-0.39, 0.29) is 5.91 Å². The first kappa shape index (κ1) is 12.3. The van der Waals surface area contributed by atoms with Gasteiger partial charge in [0.05, 0.1) is 6.54 Å². The van der Waals surface area contributed by atoms with Gasteiger partial charge in [0.1, 0.15) is 5.01 Å². The number of nitrogens with zero attached hydrogens (tertiary/aromatic N) is 1. The molecule has 0 atom stereocenters. The van der Waals surface area contributed by atoms with Gasteiger partial charge in [-0.2, -0.15) is 0 Å². The van der Waals surface area contributed by atoms with Crippen molar-refractivity contribution in [2.45, 2.75) is 11.9 Å². The van der Waals surface area contributed by atoms with Crippen molar-refractivity contribution in [1.29, 1.82) is 0 Å². The normalized spacial score (nSPS) is 10.2. The van der Waals surface area contributed by atoms with E-state index in [0.717, 1.165) is 15.9 Å². The number of aromatic nitrogens is 1. The summed E-state index contributed by atoms with van der Waals surface area (Å²) in [7, 11) is 0. The zero-order valence-corrected chi connectivity index (χ0v) is 11.4. The van der Waals surface area contributed by atoms with Crippen molar-refractivity contribution < 1.29 is 4.79 Å². The van der Waals surface area contributed by atoms with Crippen molar-refractivity contribution in [1.82, 2.24) is 10.3 Å². The highest BCUT2D eigenvalue weighted by Gasteiger charge is 2.06. The molecule has 3 nitrogen and oxygen atoms in total. The van der Waals surface area contributed by atoms with Crippen LogP contribution in [-0.2, 0) is 11.9 Å². The zero-order valence-electron chi connectivity index (χ0n) is 9.02. The Morgan fingerprint density at radius 3 is 3.06 bits per heavy atom. The fraction of sp³-hybridized carbons (Fsp3) is 0.167. The van der Waals surface area contributed by atoms with Gasteiger partial charge in [-0.05, 0) is 17.7 Å². The Balaban J connectivity index is 1.99. The lowest BCUT2D eigenvalue weighted by Gasteiger charge is -2.04. The second-order valence-corrected chi connectivity index (χ2v) is 4.98. The van der Waals surface area contributed by atoms with Crippen LogP contribution < -0.4 is 5.32 Å². The van der Waals surface area contributed by atoms with E-state index >= 15 is 0 Å². The number of nitrogens with one attached hydrogen (secondary N) is 1. The molecule has 0 fully saturated rings. The molecule has 0 radical (unpaired) electrons. The number of thiazole rings is 1. The summed E-state index contributed by atoms with van der Waals surface area (Å²) < 4.78 is 0. The lowest BCUT2D eigenvalue weighted by molar-refractivity contribution is 0.0951. The Morgan fingerprint density at radius 2 is 2.35 bits per heavy atom. The first-order valence-electron chi connectivity index (χ1n) is 5.11. The van der Waals surface area contributed by atoms with Gasteiger partial charge in [-0.25, -0.2) is 4.98 Å². The van der Waals surface area contributed by atoms with Crippen molar-refractivity contribution in [2.75, 3.05) is 0 Å². The first-order valence-corrected chi connectivity index (χ1v) is 7.11. The molecule has 1 aromatic carbocycles. The van der Waals surface area contributed by atoms with Gasteiger partial charge in [-0.1, -0.05) is 28.1 Å². The van der Waals surface area contributed by atoms with E-state index in [2.05, 4.69) is 26.2 Å². The third-order valence-electron chi connectivity index (χ3n) is 2.23. The Morgan fingerprint density at radius 1 is 1.47 bits per heavy atom. The number of halogens is 1. The molecule has 0 aliphatic heterocycles. The van der Waals surface area contributed by atoms with E-state index in [1.54, 1.807) is 6.20 Å². The molecule has 0 bridgehead atoms. The number of carbonyl (C=O) groups is 1. The molecular formula is C12H11BrN2OS. The van der Waals surface area contributed by atoms with Crippen LogP contribution in [0.5, 0.6) is 0 Å². The van der Waals surface area contributed by atoms with Crippen LogP contribution in [0.15, 0.2) is 35.8 Å². The van der Waals surface area contributed by atoms with Gasteiger partial charge in [0.15, 0.2) is 0 Å². The van der Waals surface area contributed by atoms with Crippen LogP contribution in [-0.4, -0.2) is 10.9 Å². The summed E-state index contributed by atoms with van der Waals surface area (Å²) in [5.74, 6) is -0.0667. The van der Waals surface area contributed by atoms with Gasteiger partial charge in [0, 0.05) is 22.5 Å². The maximum atomic E-state index is 11.9. The van der Waals surface area contributed by atoms with Crippen LogP contribution in [0.4, 0.5) is 0 Å². The van der Waals surface area contributed by atoms with Crippen LogP contribution in [0, 0.1) is 0 Å². The summed E-state index contributed by atoms with van der Waals surface area (Å²) in [6.07, 6.45) is 1.73. The predicted octanol–water partition coefficient (Wildman–Crippen LogP) is 2.97. The van der Waals surface area contributed by atoms with E-state index in [4.69, 9.17) is 0 Å². The Hall–Kier alpha value is -1.20. The second-order valence-electron chi connectivity index (χ2n) is 3.44. The van der Waals surface area contributed by atoms with Crippen LogP contribution in [0.1, 0.15) is 20.9 Å². The molecule has 0 aliphatic carbocycles. The van der Waals surface area contributed by atoms with E-state index < -0.39 is 0 Å². The average molecular weight is 311 g/mol. The third-order valence-corrected chi connectivity index (χ3v) is 3.65. The highest BCUT2D eigenvalue weighted by molar-refractivity contribution is 9.08. The number of amides is 1. The quantitative estimate of drug-likeness (QED) is 0.882. The monoisotopic (exact) mass is 310 g/mol. The van der Waals surface area contributed by atoms with Gasteiger partial charge >= 0.3 is 0 Å². The highest BCUT2D eigenvalue weighted by atomic mass is 79.9. The third kappa shape index (κ3) is 3.38. The average Bonchev–Trinajstić information content (AvgIpc) is 2.89. The SMILES string of the molecule is O=C(NCc1nccs1)c1cccc(CBr)c1. The Labute approximate surface area is 112 Å². The first-order chi connectivity index (χ1) is 8.29. The number of carbonyl (C=O) groups excluding carboxylic acids is 1. The molecule has 5 heteroatoms. The number of rotatable bonds is 4. The molecule has 0 saturated carbocycles. The topological polar surface area (TPSA) is 42.0 Å². The van der Waals surface area contributed by atoms with E-state index in [1.807, 2.05) is 29.6 Å². The van der Waals surface area contributed by atoms with Gasteiger partial charge < -0.3 is 5.32 Å². The minimum absolute atomic E-state index is 0.0667. The summed E-state index contributed by atoms with van der Waals surface area (Å²) in [6.45, 7) is 0.481. The lowest BCUT2D eigenvalue weighted by atomic mass is 10.1. The molecule has 0 saturated heterocycles. The lowest BCUT2D eigenvalue weighted by Crippen LogP contribution is -2.22. The molecule has 1 amide bonds. The van der Waals surface area contributed by atoms with Crippen molar-refractivity contribution in [3.63, 3.8) is 0 Å². The molecule has 2 aromatic rings. The van der Waals surface area contributed by atoms with E-state index in [1.165, 1.54) is 11.3 Å². The molecule has 1 N–H and O–H groups in total. The zero-order chi connectivity index (χ0) is 12.1. The number of hydrogen-bond donors (Lipinski definition) is 1. The molecule has 0 unspecified atom stereocenters. The van der Waals surface area contributed by atoms with E-state index in [0.29, 0.717) is 12.1 Å². The summed E-state index contributed by atoms with van der Waals surface area (Å²) in [5.41, 5.74) is 1.77. The van der Waals surface area contributed by atoms with Crippen molar-refractivity contribution >= 4 is 33.2 Å². The molecule has 2 rings (SSSR count). The predicted molar refractivity (Wildman–Crippen MR) is 72.4 cm³/mol. The molecule has 1 heterocycles. The summed E-state index contributed by atoms with van der Waals surface area (Å²) >= 11 is 4.91. The fourth-order valence-electron chi connectivity index (χ4n) is 1.39. The van der Waals surface area contributed by atoms with Crippen LogP contribution in [0.3, 0.4) is 0 Å². The largest absolute Gasteiger partial charge is 0.346 e. The Kier molecular flexibility index (Phi) is 4.28. The fourth-order valence-corrected chi connectivity index (χ4v) is 2.30. The number of alkyl halides is 1. The second kappa shape index (κ2) is 5.93. The van der Waals surface area contributed by atoms with Crippen LogP contribution in [0.2, 0.25) is 0 Å². The smallest absolute Gasteiger partial charge is 0.251 e. The number of benzene rings is 1. The minimum atomic E-state index is -0.0667. The maximum Gasteiger partial charge on any atom is 0.251 e. The molecule has 88 valence electrons. The molecule has 0 spiro atoms. The van der Waals surface area contributed by atoms with Gasteiger partial charge in [-0.15, -0.1) is 11.3 Å². The summed E-state index contributed by atoms with van der Waals surface area (Å²) in [4.78, 5) is 16.0. The Bertz CT molecular complexity index is 499. The summed E-state index contributed by atoms with van der Waals surface area (Å²) in [6, 6.07) is 7.55. The maximum absolute atomic E-state index is 11.9. The molecule has 17 heavy (non-hydrogen) atoms. The van der Waals surface area contributed by atoms with Gasteiger partial charge in [-0.3, -0.25) is 4.79 Å². The number of hydrogen-bond acceptors (Lipinski definition) is 3. The molecule has 1 aromatic heterocycles. The van der Waals surface area contributed by atoms with Crippen LogP contribution >= 0.6 is 27.3 Å². The molecular weight excluding hydrogens is 300 g/mol. The van der Waals surface area contributed by atoms with Gasteiger partial charge in [0.2, 0.25) is 0 Å². The molecule has 0 aliphatic rings. The van der Waals surface area contributed by atoms with Crippen LogP contribution in [0.25, 0.3) is 0 Å². The van der Waals surface area contributed by atoms with Gasteiger partial charge in [0.25, 0.3) is 5.91 Å². The van der Waals surface area contributed by atoms with E-state index in [9.17, 15) is 4.79 Å². The summed E-state index contributed by atoms with van der Waals surface area (Å²) in [5, 5.41) is 6.40. The van der Waals surface area contributed by atoms with Crippen molar-refractivity contribution in [3.8, 4) is 0 Å².